The second-order valence-electron chi connectivity index (χ2n) is 4.69. The highest BCUT2D eigenvalue weighted by molar-refractivity contribution is 9.08. The molecule has 0 fully saturated rings. The second-order valence-corrected chi connectivity index (χ2v) is 6.14. The molecule has 0 aliphatic carbocycles. The zero-order chi connectivity index (χ0) is 19.3. The number of carboxylic acids is 1. The van der Waals surface area contributed by atoms with Crippen molar-refractivity contribution >= 4 is 41.2 Å². The zero-order valence-corrected chi connectivity index (χ0v) is 16.2. The summed E-state index contributed by atoms with van der Waals surface area (Å²) in [6.07, 6.45) is 3.23. The van der Waals surface area contributed by atoms with Crippen LogP contribution in [0.15, 0.2) is 24.3 Å². The van der Waals surface area contributed by atoms with Crippen molar-refractivity contribution in [3.63, 3.8) is 0 Å². The van der Waals surface area contributed by atoms with Crippen LogP contribution in [0.1, 0.15) is 50.4 Å². The summed E-state index contributed by atoms with van der Waals surface area (Å²) in [5.41, 5.74) is 0.0733. The molecule has 0 heterocycles. The number of phenols is 1. The maximum absolute atomic E-state index is 10.3. The average Bonchev–Trinajstić information content (AvgIpc) is 2.49. The van der Waals surface area contributed by atoms with Crippen LogP contribution < -0.4 is 0 Å². The Morgan fingerprint density at radius 2 is 1.54 bits per heavy atom. The molecule has 0 atom stereocenters. The Bertz CT molecular complexity index is 463. The number of nitrogens with zero attached hydrogens (tertiary/aromatic N) is 1. The van der Waals surface area contributed by atoms with E-state index in [9.17, 15) is 4.79 Å². The van der Waals surface area contributed by atoms with Crippen LogP contribution in [-0.2, 0) is 0 Å². The lowest BCUT2D eigenvalue weighted by Gasteiger charge is -2.33. The third-order valence-corrected chi connectivity index (χ3v) is 4.58. The molecule has 0 bridgehead atoms. The van der Waals surface area contributed by atoms with Crippen molar-refractivity contribution in [3.8, 4) is 5.75 Å². The predicted molar refractivity (Wildman–Crippen MR) is 97.7 cm³/mol. The van der Waals surface area contributed by atoms with Crippen LogP contribution in [0.2, 0.25) is 0 Å². The van der Waals surface area contributed by atoms with Crippen LogP contribution in [0.4, 0.5) is 0 Å². The Labute approximate surface area is 156 Å². The van der Waals surface area contributed by atoms with Gasteiger partial charge in [0.05, 0.1) is 0 Å². The lowest BCUT2D eigenvalue weighted by molar-refractivity contribution is 0.0693. The van der Waals surface area contributed by atoms with Gasteiger partial charge >= 0.3 is 13.3 Å². The lowest BCUT2D eigenvalue weighted by atomic mass is 9.91. The number of halogens is 2. The third kappa shape index (κ3) is 10.1. The SMILES string of the molecule is CCC(CC)(CC)N(Cl)Br.O=C(O)c1ccccc1O.OB(O)O. The van der Waals surface area contributed by atoms with Crippen LogP contribution in [0, 0.1) is 0 Å². The smallest absolute Gasteiger partial charge is 0.507 e. The summed E-state index contributed by atoms with van der Waals surface area (Å²) >= 11 is 9.13. The van der Waals surface area contributed by atoms with Crippen molar-refractivity contribution in [1.29, 1.82) is 0 Å². The second kappa shape index (κ2) is 13.5. The Kier molecular flexibility index (Phi) is 14.2. The number of para-hydroxylation sites is 1. The van der Waals surface area contributed by atoms with Gasteiger partial charge in [0.1, 0.15) is 11.3 Å². The largest absolute Gasteiger partial charge is 0.631 e. The molecule has 0 aliphatic rings. The van der Waals surface area contributed by atoms with Gasteiger partial charge in [-0.15, -0.1) is 3.45 Å². The van der Waals surface area contributed by atoms with Crippen LogP contribution in [0.25, 0.3) is 0 Å². The van der Waals surface area contributed by atoms with Crippen molar-refractivity contribution in [2.45, 2.75) is 45.6 Å². The molecule has 10 heteroatoms. The fourth-order valence-electron chi connectivity index (χ4n) is 1.76. The molecule has 1 aromatic rings. The van der Waals surface area contributed by atoms with Crippen molar-refractivity contribution < 1.29 is 30.1 Å². The number of benzene rings is 1. The van der Waals surface area contributed by atoms with Crippen LogP contribution in [0.5, 0.6) is 5.75 Å². The van der Waals surface area contributed by atoms with Crippen molar-refractivity contribution in [3.05, 3.63) is 29.8 Å². The lowest BCUT2D eigenvalue weighted by Crippen LogP contribution is -2.35. The number of aromatic hydroxyl groups is 1. The monoisotopic (exact) mass is 427 g/mol. The molecule has 24 heavy (non-hydrogen) atoms. The standard InChI is InChI=1S/C7H15BrClN.C7H6O3.BH3O3/c1-4-7(5-2,6-3)10(8)9;8-6-4-2-1-3-5(6)7(9)10;2-1(3)4/h4-6H2,1-3H3;1-4,8H,(H,9,10);2-4H. The van der Waals surface area contributed by atoms with E-state index in [-0.39, 0.29) is 16.9 Å². The van der Waals surface area contributed by atoms with Gasteiger partial charge in [0, 0.05) is 21.7 Å². The summed E-state index contributed by atoms with van der Waals surface area (Å²) in [7, 11) is -2.17. The maximum atomic E-state index is 10.3. The predicted octanol–water partition coefficient (Wildman–Crippen LogP) is 2.76. The summed E-state index contributed by atoms with van der Waals surface area (Å²) < 4.78 is 1.64. The van der Waals surface area contributed by atoms with Crippen LogP contribution in [0.3, 0.4) is 0 Å². The molecular weight excluding hydrogens is 404 g/mol. The number of rotatable bonds is 5. The quantitative estimate of drug-likeness (QED) is 0.361. The first kappa shape index (κ1) is 25.4. The molecule has 7 nitrogen and oxygen atoms in total. The fraction of sp³-hybridized carbons (Fsp3) is 0.500. The van der Waals surface area contributed by atoms with Gasteiger partial charge in [-0.2, -0.15) is 0 Å². The Hall–Kier alpha value is -0.835. The number of hydrogen-bond acceptors (Lipinski definition) is 6. The topological polar surface area (TPSA) is 121 Å². The number of hydrogen-bond donors (Lipinski definition) is 5. The van der Waals surface area contributed by atoms with Gasteiger partial charge in [-0.1, -0.05) is 32.9 Å². The first-order valence-corrected chi connectivity index (χ1v) is 8.29. The fourth-order valence-corrected chi connectivity index (χ4v) is 2.87. The summed E-state index contributed by atoms with van der Waals surface area (Å²) in [6.45, 7) is 6.47. The van der Waals surface area contributed by atoms with E-state index >= 15 is 0 Å². The number of aromatic carboxylic acids is 1. The van der Waals surface area contributed by atoms with E-state index in [0.29, 0.717) is 0 Å². The van der Waals surface area contributed by atoms with Crippen molar-refractivity contribution in [2.24, 2.45) is 0 Å². The van der Waals surface area contributed by atoms with E-state index in [2.05, 4.69) is 36.9 Å². The molecule has 0 radical (unpaired) electrons. The molecule has 0 amide bonds. The highest BCUT2D eigenvalue weighted by atomic mass is 79.9. The molecule has 0 saturated heterocycles. The summed E-state index contributed by atoms with van der Waals surface area (Å²) in [5, 5.41) is 38.8. The van der Waals surface area contributed by atoms with Gasteiger partial charge in [0.2, 0.25) is 0 Å². The van der Waals surface area contributed by atoms with Gasteiger partial charge in [0.25, 0.3) is 0 Å². The van der Waals surface area contributed by atoms with Gasteiger partial charge in [-0.25, -0.2) is 4.79 Å². The Morgan fingerprint density at radius 1 is 1.17 bits per heavy atom. The molecule has 0 aliphatic heterocycles. The van der Waals surface area contributed by atoms with E-state index in [1.807, 2.05) is 0 Å². The summed E-state index contributed by atoms with van der Waals surface area (Å²) in [6, 6.07) is 5.81. The third-order valence-electron chi connectivity index (χ3n) is 3.47. The molecule has 1 aromatic carbocycles. The maximum Gasteiger partial charge on any atom is 0.631 e. The molecule has 5 N–H and O–H groups in total. The van der Waals surface area contributed by atoms with E-state index in [1.54, 1.807) is 15.6 Å². The summed E-state index contributed by atoms with van der Waals surface area (Å²) in [4.78, 5) is 10.3. The minimum Gasteiger partial charge on any atom is -0.507 e. The molecular formula is C14H24BBrClNO6. The Morgan fingerprint density at radius 3 is 1.71 bits per heavy atom. The normalized spacial score (nSPS) is 10.2. The van der Waals surface area contributed by atoms with Crippen LogP contribution >= 0.6 is 27.9 Å². The molecule has 1 rings (SSSR count). The van der Waals surface area contributed by atoms with Crippen molar-refractivity contribution in [2.75, 3.05) is 0 Å². The highest BCUT2D eigenvalue weighted by Crippen LogP contribution is 2.32. The van der Waals surface area contributed by atoms with Crippen LogP contribution in [-0.4, -0.2) is 47.6 Å². The first-order valence-electron chi connectivity index (χ1n) is 7.25. The minimum absolute atomic E-state index is 0.0671. The van der Waals surface area contributed by atoms with E-state index in [4.69, 9.17) is 37.1 Å². The molecule has 0 unspecified atom stereocenters. The van der Waals surface area contributed by atoms with Crippen molar-refractivity contribution in [1.82, 2.24) is 3.45 Å². The van der Waals surface area contributed by atoms with Gasteiger partial charge in [0.15, 0.2) is 0 Å². The molecule has 138 valence electrons. The number of carbonyl (C=O) groups is 1. The van der Waals surface area contributed by atoms with Gasteiger partial charge in [-0.3, -0.25) is 0 Å². The first-order chi connectivity index (χ1) is 11.1. The van der Waals surface area contributed by atoms with E-state index in [0.717, 1.165) is 19.3 Å². The Balaban J connectivity index is 0. The molecule has 0 spiro atoms. The molecule has 0 saturated carbocycles. The highest BCUT2D eigenvalue weighted by Gasteiger charge is 2.29. The summed E-state index contributed by atoms with van der Waals surface area (Å²) in [5.74, 6) is -1.31. The minimum atomic E-state index is -2.17. The molecule has 0 aromatic heterocycles. The van der Waals surface area contributed by atoms with Gasteiger partial charge in [-0.05, 0) is 43.2 Å². The average molecular weight is 429 g/mol. The van der Waals surface area contributed by atoms with E-state index < -0.39 is 13.3 Å². The number of carboxylic acid groups (broad SMARTS) is 1. The zero-order valence-electron chi connectivity index (χ0n) is 13.9. The van der Waals surface area contributed by atoms with E-state index in [1.165, 1.54) is 12.1 Å². The van der Waals surface area contributed by atoms with Gasteiger partial charge < -0.3 is 25.3 Å².